The van der Waals surface area contributed by atoms with Gasteiger partial charge in [0, 0.05) is 24.3 Å². The minimum absolute atomic E-state index is 0.0560. The van der Waals surface area contributed by atoms with Crippen molar-refractivity contribution in [2.75, 3.05) is 25.0 Å². The third-order valence-electron chi connectivity index (χ3n) is 4.40. The zero-order valence-electron chi connectivity index (χ0n) is 15.2. The highest BCUT2D eigenvalue weighted by molar-refractivity contribution is 7.89. The van der Waals surface area contributed by atoms with Gasteiger partial charge < -0.3 is 10.6 Å². The number of benzene rings is 2. The number of nitrogens with zero attached hydrogens (tertiary/aromatic N) is 1. The van der Waals surface area contributed by atoms with Crippen molar-refractivity contribution in [1.29, 1.82) is 0 Å². The van der Waals surface area contributed by atoms with Crippen LogP contribution in [-0.2, 0) is 14.8 Å². The Bertz CT molecular complexity index is 985. The Hall–Kier alpha value is -2.71. The van der Waals surface area contributed by atoms with Crippen LogP contribution in [0.4, 0.5) is 5.69 Å². The van der Waals surface area contributed by atoms with Crippen molar-refractivity contribution >= 4 is 27.5 Å². The van der Waals surface area contributed by atoms with E-state index in [1.54, 1.807) is 0 Å². The van der Waals surface area contributed by atoms with Crippen molar-refractivity contribution in [3.8, 4) is 0 Å². The van der Waals surface area contributed by atoms with Crippen LogP contribution in [0.15, 0.2) is 47.4 Å². The molecule has 142 valence electrons. The Morgan fingerprint density at radius 3 is 2.48 bits per heavy atom. The largest absolute Gasteiger partial charge is 0.354 e. The van der Waals surface area contributed by atoms with E-state index in [4.69, 9.17) is 0 Å². The van der Waals surface area contributed by atoms with Crippen molar-refractivity contribution in [2.24, 2.45) is 0 Å². The van der Waals surface area contributed by atoms with Gasteiger partial charge in [0.2, 0.25) is 15.9 Å². The quantitative estimate of drug-likeness (QED) is 0.834. The molecule has 1 saturated heterocycles. The van der Waals surface area contributed by atoms with Crippen molar-refractivity contribution in [3.63, 3.8) is 0 Å². The average molecular weight is 387 g/mol. The number of carbonyl (C=O) groups excluding carboxylic acids is 2. The van der Waals surface area contributed by atoms with Gasteiger partial charge >= 0.3 is 0 Å². The van der Waals surface area contributed by atoms with Crippen molar-refractivity contribution in [1.82, 2.24) is 9.62 Å². The van der Waals surface area contributed by atoms with Crippen LogP contribution in [0.1, 0.15) is 21.5 Å². The second kappa shape index (κ2) is 7.50. The van der Waals surface area contributed by atoms with Crippen LogP contribution in [0.2, 0.25) is 0 Å². The van der Waals surface area contributed by atoms with Gasteiger partial charge in [0.25, 0.3) is 5.91 Å². The lowest BCUT2D eigenvalue weighted by atomic mass is 10.1. The first-order chi connectivity index (χ1) is 12.8. The molecule has 3 rings (SSSR count). The predicted molar refractivity (Wildman–Crippen MR) is 102 cm³/mol. The molecule has 27 heavy (non-hydrogen) atoms. The summed E-state index contributed by atoms with van der Waals surface area (Å²) < 4.78 is 26.4. The zero-order valence-corrected chi connectivity index (χ0v) is 16.0. The van der Waals surface area contributed by atoms with Gasteiger partial charge in [-0.3, -0.25) is 9.59 Å². The van der Waals surface area contributed by atoms with E-state index >= 15 is 0 Å². The summed E-state index contributed by atoms with van der Waals surface area (Å²) in [6, 6.07) is 11.5. The van der Waals surface area contributed by atoms with Crippen LogP contribution in [0.3, 0.4) is 0 Å². The van der Waals surface area contributed by atoms with Gasteiger partial charge in [0.05, 0.1) is 11.4 Å². The standard InChI is InChI=1S/C19H21N3O4S/c1-13-3-4-14(2)17(11-13)21-19(24)15-5-7-16(8-6-15)27(25,26)22-10-9-20-18(23)12-22/h3-8,11H,9-10,12H2,1-2H3,(H,20,23)(H,21,24). The van der Waals surface area contributed by atoms with E-state index in [1.807, 2.05) is 32.0 Å². The SMILES string of the molecule is Cc1ccc(C)c(NC(=O)c2ccc(S(=O)(=O)N3CCNC(=O)C3)cc2)c1. The number of rotatable bonds is 4. The van der Waals surface area contributed by atoms with Gasteiger partial charge in [-0.25, -0.2) is 8.42 Å². The number of hydrogen-bond donors (Lipinski definition) is 2. The Morgan fingerprint density at radius 2 is 1.81 bits per heavy atom. The second-order valence-electron chi connectivity index (χ2n) is 6.49. The van der Waals surface area contributed by atoms with Gasteiger partial charge in [-0.15, -0.1) is 0 Å². The molecule has 0 radical (unpaired) electrons. The summed E-state index contributed by atoms with van der Waals surface area (Å²) in [5, 5.41) is 5.44. The van der Waals surface area contributed by atoms with E-state index in [0.29, 0.717) is 5.56 Å². The normalized spacial score (nSPS) is 15.3. The molecular weight excluding hydrogens is 366 g/mol. The second-order valence-corrected chi connectivity index (χ2v) is 8.42. The molecule has 0 atom stereocenters. The number of aryl methyl sites for hydroxylation is 2. The van der Waals surface area contributed by atoms with Crippen LogP contribution < -0.4 is 10.6 Å². The molecule has 0 aliphatic carbocycles. The molecule has 0 aromatic heterocycles. The van der Waals surface area contributed by atoms with E-state index < -0.39 is 10.0 Å². The first-order valence-electron chi connectivity index (χ1n) is 8.53. The van der Waals surface area contributed by atoms with E-state index in [0.717, 1.165) is 21.1 Å². The minimum Gasteiger partial charge on any atom is -0.354 e. The van der Waals surface area contributed by atoms with Gasteiger partial charge in [0.15, 0.2) is 0 Å². The number of amides is 2. The third kappa shape index (κ3) is 4.17. The Labute approximate surface area is 158 Å². The Morgan fingerprint density at radius 1 is 1.11 bits per heavy atom. The fourth-order valence-corrected chi connectivity index (χ4v) is 4.21. The summed E-state index contributed by atoms with van der Waals surface area (Å²) in [5.41, 5.74) is 3.04. The molecule has 0 spiro atoms. The number of anilines is 1. The van der Waals surface area contributed by atoms with Crippen LogP contribution in [0.25, 0.3) is 0 Å². The van der Waals surface area contributed by atoms with Crippen LogP contribution in [0.5, 0.6) is 0 Å². The van der Waals surface area contributed by atoms with Gasteiger partial charge in [-0.2, -0.15) is 4.31 Å². The molecule has 1 fully saturated rings. The highest BCUT2D eigenvalue weighted by atomic mass is 32.2. The highest BCUT2D eigenvalue weighted by Crippen LogP contribution is 2.20. The fourth-order valence-electron chi connectivity index (χ4n) is 2.81. The summed E-state index contributed by atoms with van der Waals surface area (Å²) in [6.07, 6.45) is 0. The molecule has 8 heteroatoms. The maximum Gasteiger partial charge on any atom is 0.255 e. The number of sulfonamides is 1. The first-order valence-corrected chi connectivity index (χ1v) is 9.97. The molecule has 2 aromatic carbocycles. The smallest absolute Gasteiger partial charge is 0.255 e. The summed E-state index contributed by atoms with van der Waals surface area (Å²) in [6.45, 7) is 4.16. The van der Waals surface area contributed by atoms with Gasteiger partial charge in [0.1, 0.15) is 0 Å². The van der Waals surface area contributed by atoms with Crippen molar-refractivity contribution in [2.45, 2.75) is 18.7 Å². The number of piperazine rings is 1. The lowest BCUT2D eigenvalue weighted by Gasteiger charge is -2.25. The van der Waals surface area contributed by atoms with Gasteiger partial charge in [-0.1, -0.05) is 12.1 Å². The molecule has 2 aromatic rings. The maximum atomic E-state index is 12.6. The molecule has 1 aliphatic heterocycles. The maximum absolute atomic E-state index is 12.6. The third-order valence-corrected chi connectivity index (χ3v) is 6.26. The molecule has 0 bridgehead atoms. The lowest BCUT2D eigenvalue weighted by Crippen LogP contribution is -2.49. The van der Waals surface area contributed by atoms with E-state index in [9.17, 15) is 18.0 Å². The summed E-state index contributed by atoms with van der Waals surface area (Å²) in [4.78, 5) is 24.0. The molecule has 0 saturated carbocycles. The summed E-state index contributed by atoms with van der Waals surface area (Å²) in [5.74, 6) is -0.639. The zero-order chi connectivity index (χ0) is 19.6. The van der Waals surface area contributed by atoms with Crippen LogP contribution >= 0.6 is 0 Å². The predicted octanol–water partition coefficient (Wildman–Crippen LogP) is 1.68. The number of carbonyl (C=O) groups is 2. The molecule has 1 heterocycles. The van der Waals surface area contributed by atoms with Crippen LogP contribution in [0, 0.1) is 13.8 Å². The summed E-state index contributed by atoms with van der Waals surface area (Å²) in [7, 11) is -3.77. The molecule has 0 unspecified atom stereocenters. The van der Waals surface area contributed by atoms with E-state index in [2.05, 4.69) is 10.6 Å². The molecule has 2 amide bonds. The van der Waals surface area contributed by atoms with Gasteiger partial charge in [-0.05, 0) is 55.3 Å². The average Bonchev–Trinajstić information content (AvgIpc) is 2.65. The van der Waals surface area contributed by atoms with E-state index in [1.165, 1.54) is 24.3 Å². The summed E-state index contributed by atoms with van der Waals surface area (Å²) >= 11 is 0. The molecule has 1 aliphatic rings. The number of nitrogens with one attached hydrogen (secondary N) is 2. The Balaban J connectivity index is 1.77. The Kier molecular flexibility index (Phi) is 5.29. The van der Waals surface area contributed by atoms with E-state index in [-0.39, 0.29) is 36.3 Å². The first kappa shape index (κ1) is 19.1. The molecule has 2 N–H and O–H groups in total. The fraction of sp³-hybridized carbons (Fsp3) is 0.263. The molecule has 7 nitrogen and oxygen atoms in total. The monoisotopic (exact) mass is 387 g/mol. The lowest BCUT2D eigenvalue weighted by molar-refractivity contribution is -0.122. The highest BCUT2D eigenvalue weighted by Gasteiger charge is 2.29. The van der Waals surface area contributed by atoms with Crippen molar-refractivity contribution < 1.29 is 18.0 Å². The topological polar surface area (TPSA) is 95.6 Å². The number of hydrogen-bond acceptors (Lipinski definition) is 4. The van der Waals surface area contributed by atoms with Crippen LogP contribution in [-0.4, -0.2) is 44.2 Å². The minimum atomic E-state index is -3.77. The molecular formula is C19H21N3O4S. The van der Waals surface area contributed by atoms with Crippen molar-refractivity contribution in [3.05, 3.63) is 59.2 Å².